The van der Waals surface area contributed by atoms with Gasteiger partial charge in [-0.05, 0) is 18.2 Å². The summed E-state index contributed by atoms with van der Waals surface area (Å²) in [6, 6.07) is 11.6. The van der Waals surface area contributed by atoms with E-state index >= 15 is 0 Å². The van der Waals surface area contributed by atoms with E-state index in [1.165, 1.54) is 32.7 Å². The van der Waals surface area contributed by atoms with Gasteiger partial charge in [0.05, 0.1) is 31.9 Å². The fraction of sp³-hybridized carbons (Fsp3) is 0.227. The Morgan fingerprint density at radius 1 is 0.968 bits per heavy atom. The molecule has 0 bridgehead atoms. The van der Waals surface area contributed by atoms with E-state index in [1.807, 2.05) is 0 Å². The first-order valence-electron chi connectivity index (χ1n) is 9.42. The second-order valence-corrected chi connectivity index (χ2v) is 9.74. The Labute approximate surface area is 184 Å². The molecule has 1 aromatic heterocycles. The first-order chi connectivity index (χ1) is 14.9. The predicted molar refractivity (Wildman–Crippen MR) is 117 cm³/mol. The number of rotatable bonds is 6. The minimum absolute atomic E-state index is 0.0937. The fourth-order valence-corrected chi connectivity index (χ4v) is 6.63. The van der Waals surface area contributed by atoms with Crippen molar-refractivity contribution in [1.29, 1.82) is 0 Å². The molecule has 1 aliphatic heterocycles. The van der Waals surface area contributed by atoms with Crippen molar-refractivity contribution in [3.63, 3.8) is 0 Å². The zero-order valence-corrected chi connectivity index (χ0v) is 18.8. The molecule has 0 saturated heterocycles. The maximum absolute atomic E-state index is 13.2. The lowest BCUT2D eigenvalue weighted by Crippen LogP contribution is -2.23. The van der Waals surface area contributed by atoms with Gasteiger partial charge in [-0.2, -0.15) is 0 Å². The molecule has 0 aliphatic carbocycles. The summed E-state index contributed by atoms with van der Waals surface area (Å²) >= 11 is 1.30. The molecule has 1 atom stereocenters. The van der Waals surface area contributed by atoms with Gasteiger partial charge in [0.1, 0.15) is 10.6 Å². The van der Waals surface area contributed by atoms with Crippen molar-refractivity contribution in [3.8, 4) is 17.2 Å². The number of hydrogen-bond donors (Lipinski definition) is 1. The quantitative estimate of drug-likeness (QED) is 0.597. The van der Waals surface area contributed by atoms with Gasteiger partial charge in [0.2, 0.25) is 15.7 Å². The van der Waals surface area contributed by atoms with Crippen LogP contribution in [0.5, 0.6) is 17.2 Å². The second kappa shape index (κ2) is 8.24. The van der Waals surface area contributed by atoms with Crippen LogP contribution in [0.4, 0.5) is 5.69 Å². The molecule has 9 heteroatoms. The summed E-state index contributed by atoms with van der Waals surface area (Å²) in [5, 5.41) is 4.35. The first kappa shape index (κ1) is 21.2. The highest BCUT2D eigenvalue weighted by Crippen LogP contribution is 2.49. The van der Waals surface area contributed by atoms with E-state index in [2.05, 4.69) is 5.32 Å². The summed E-state index contributed by atoms with van der Waals surface area (Å²) in [5.74, 6) is 0.881. The van der Waals surface area contributed by atoms with Gasteiger partial charge in [-0.1, -0.05) is 18.2 Å². The third-order valence-electron chi connectivity index (χ3n) is 5.21. The zero-order chi connectivity index (χ0) is 22.2. The van der Waals surface area contributed by atoms with Gasteiger partial charge in [0.25, 0.3) is 0 Å². The van der Waals surface area contributed by atoms with Crippen LogP contribution >= 0.6 is 11.3 Å². The summed E-state index contributed by atoms with van der Waals surface area (Å²) in [6.45, 7) is 0. The predicted octanol–water partition coefficient (Wildman–Crippen LogP) is 4.08. The topological polar surface area (TPSA) is 90.9 Å². The number of carbonyl (C=O) groups excluding carboxylic acids is 1. The number of carbonyl (C=O) groups is 1. The molecule has 31 heavy (non-hydrogen) atoms. The summed E-state index contributed by atoms with van der Waals surface area (Å²) < 4.78 is 42.8. The molecular weight excluding hydrogens is 438 g/mol. The van der Waals surface area contributed by atoms with Crippen LogP contribution < -0.4 is 19.5 Å². The average molecular weight is 460 g/mol. The fourth-order valence-electron chi connectivity index (χ4n) is 3.71. The van der Waals surface area contributed by atoms with Crippen LogP contribution in [0.15, 0.2) is 57.6 Å². The SMILES string of the molecule is COc1cc(OC)c(C2CC(=O)Nc3c(S(=O)(=O)c4ccccc4)csc32)cc1OC. The molecule has 162 valence electrons. The van der Waals surface area contributed by atoms with E-state index in [0.29, 0.717) is 22.9 Å². The van der Waals surface area contributed by atoms with Crippen LogP contribution in [0.1, 0.15) is 22.8 Å². The van der Waals surface area contributed by atoms with Gasteiger partial charge >= 0.3 is 0 Å². The Balaban J connectivity index is 1.87. The Hall–Kier alpha value is -3.04. The van der Waals surface area contributed by atoms with Crippen LogP contribution in [0.25, 0.3) is 0 Å². The van der Waals surface area contributed by atoms with Crippen LogP contribution in [0.2, 0.25) is 0 Å². The van der Waals surface area contributed by atoms with Crippen LogP contribution in [0, 0.1) is 0 Å². The highest BCUT2D eigenvalue weighted by Gasteiger charge is 2.36. The number of benzene rings is 2. The van der Waals surface area contributed by atoms with E-state index in [9.17, 15) is 13.2 Å². The van der Waals surface area contributed by atoms with Crippen molar-refractivity contribution in [3.05, 3.63) is 58.3 Å². The van der Waals surface area contributed by atoms with E-state index in [-0.39, 0.29) is 28.0 Å². The summed E-state index contributed by atoms with van der Waals surface area (Å²) in [6.07, 6.45) is 0.157. The summed E-state index contributed by atoms with van der Waals surface area (Å²) in [7, 11) is 0.812. The number of amides is 1. The molecule has 0 radical (unpaired) electrons. The Morgan fingerprint density at radius 3 is 2.26 bits per heavy atom. The van der Waals surface area contributed by atoms with Crippen molar-refractivity contribution >= 4 is 32.8 Å². The Bertz CT molecular complexity index is 1230. The van der Waals surface area contributed by atoms with Crippen LogP contribution in [0.3, 0.4) is 0 Å². The lowest BCUT2D eigenvalue weighted by atomic mass is 9.89. The average Bonchev–Trinajstić information content (AvgIpc) is 3.22. The van der Waals surface area contributed by atoms with E-state index < -0.39 is 9.84 Å². The number of nitrogens with one attached hydrogen (secondary N) is 1. The minimum atomic E-state index is -3.79. The van der Waals surface area contributed by atoms with Gasteiger partial charge in [0, 0.05) is 34.2 Å². The number of ether oxygens (including phenoxy) is 3. The normalized spacial score (nSPS) is 15.7. The maximum Gasteiger partial charge on any atom is 0.225 e. The van der Waals surface area contributed by atoms with Crippen molar-refractivity contribution < 1.29 is 27.4 Å². The number of thiophene rings is 1. The third kappa shape index (κ3) is 3.64. The van der Waals surface area contributed by atoms with Gasteiger partial charge in [0.15, 0.2) is 11.5 Å². The molecule has 1 N–H and O–H groups in total. The van der Waals surface area contributed by atoms with E-state index in [4.69, 9.17) is 14.2 Å². The summed E-state index contributed by atoms with van der Waals surface area (Å²) in [4.78, 5) is 13.6. The second-order valence-electron chi connectivity index (χ2n) is 6.91. The van der Waals surface area contributed by atoms with E-state index in [0.717, 1.165) is 10.4 Å². The standard InChI is InChI=1S/C22H21NO6S2/c1-27-16-11-18(29-3)17(28-2)9-14(16)15-10-20(24)23-21-19(12-30-22(15)21)31(25,26)13-7-5-4-6-8-13/h4-9,11-12,15H,10H2,1-3H3,(H,23,24). The molecule has 7 nitrogen and oxygen atoms in total. The maximum atomic E-state index is 13.2. The molecule has 2 aromatic carbocycles. The van der Waals surface area contributed by atoms with E-state index in [1.54, 1.807) is 47.8 Å². The molecule has 0 fully saturated rings. The van der Waals surface area contributed by atoms with Crippen molar-refractivity contribution in [2.45, 2.75) is 22.1 Å². The minimum Gasteiger partial charge on any atom is -0.496 e. The van der Waals surface area contributed by atoms with Crippen LogP contribution in [-0.2, 0) is 14.6 Å². The van der Waals surface area contributed by atoms with Gasteiger partial charge in [-0.25, -0.2) is 8.42 Å². The Morgan fingerprint density at radius 2 is 1.61 bits per heavy atom. The Kier molecular flexibility index (Phi) is 5.63. The number of hydrogen-bond acceptors (Lipinski definition) is 7. The molecule has 1 amide bonds. The van der Waals surface area contributed by atoms with Gasteiger partial charge in [-0.3, -0.25) is 4.79 Å². The van der Waals surface area contributed by atoms with Gasteiger partial charge < -0.3 is 19.5 Å². The molecule has 0 saturated carbocycles. The number of fused-ring (bicyclic) bond motifs is 1. The highest BCUT2D eigenvalue weighted by atomic mass is 32.2. The number of methoxy groups -OCH3 is 3. The molecule has 0 spiro atoms. The molecule has 3 aromatic rings. The number of sulfone groups is 1. The van der Waals surface area contributed by atoms with Crippen molar-refractivity contribution in [2.75, 3.05) is 26.6 Å². The lowest BCUT2D eigenvalue weighted by molar-refractivity contribution is -0.116. The molecule has 1 aliphatic rings. The number of anilines is 1. The summed E-state index contributed by atoms with van der Waals surface area (Å²) in [5.41, 5.74) is 1.05. The molecule has 1 unspecified atom stereocenters. The third-order valence-corrected chi connectivity index (χ3v) is 8.25. The highest BCUT2D eigenvalue weighted by molar-refractivity contribution is 7.91. The zero-order valence-electron chi connectivity index (χ0n) is 17.2. The monoisotopic (exact) mass is 459 g/mol. The van der Waals surface area contributed by atoms with Crippen molar-refractivity contribution in [1.82, 2.24) is 0 Å². The van der Waals surface area contributed by atoms with Crippen molar-refractivity contribution in [2.24, 2.45) is 0 Å². The first-order valence-corrected chi connectivity index (χ1v) is 11.8. The molecule has 4 rings (SSSR count). The molecule has 2 heterocycles. The molecular formula is C22H21NO6S2. The smallest absolute Gasteiger partial charge is 0.225 e. The largest absolute Gasteiger partial charge is 0.496 e. The lowest BCUT2D eigenvalue weighted by Gasteiger charge is -2.26. The van der Waals surface area contributed by atoms with Gasteiger partial charge in [-0.15, -0.1) is 11.3 Å². The van der Waals surface area contributed by atoms with Crippen LogP contribution in [-0.4, -0.2) is 35.7 Å².